The highest BCUT2D eigenvalue weighted by atomic mass is 16.3. The third-order valence-electron chi connectivity index (χ3n) is 3.80. The van der Waals surface area contributed by atoms with Crippen LogP contribution in [0.4, 0.5) is 5.82 Å². The topological polar surface area (TPSA) is 39.6 Å². The Kier molecular flexibility index (Phi) is 5.15. The number of anilines is 1. The first-order chi connectivity index (χ1) is 10.1. The van der Waals surface area contributed by atoms with Crippen molar-refractivity contribution >= 4 is 16.6 Å². The molecule has 2 rings (SSSR count). The number of hydrogen-bond acceptors (Lipinski definition) is 4. The van der Waals surface area contributed by atoms with Crippen LogP contribution in [-0.4, -0.2) is 48.2 Å². The summed E-state index contributed by atoms with van der Waals surface area (Å²) in [4.78, 5) is 9.14. The Bertz CT molecular complexity index is 598. The number of aromatic nitrogens is 1. The van der Waals surface area contributed by atoms with Gasteiger partial charge in [0.2, 0.25) is 0 Å². The molecule has 21 heavy (non-hydrogen) atoms. The molecule has 0 amide bonds. The lowest BCUT2D eigenvalue weighted by Crippen LogP contribution is -2.40. The summed E-state index contributed by atoms with van der Waals surface area (Å²) in [5.74, 6) is 1.000. The molecule has 1 N–H and O–H groups in total. The minimum absolute atomic E-state index is 0.0210. The van der Waals surface area contributed by atoms with Crippen molar-refractivity contribution in [2.45, 2.75) is 26.5 Å². The largest absolute Gasteiger partial charge is 0.392 e. The quantitative estimate of drug-likeness (QED) is 0.886. The van der Waals surface area contributed by atoms with E-state index in [1.54, 1.807) is 6.20 Å². The molecule has 2 aromatic rings. The monoisotopic (exact) mass is 287 g/mol. The molecule has 0 fully saturated rings. The third kappa shape index (κ3) is 3.34. The van der Waals surface area contributed by atoms with E-state index in [0.717, 1.165) is 35.2 Å². The molecule has 0 aliphatic rings. The van der Waals surface area contributed by atoms with E-state index in [2.05, 4.69) is 54.9 Å². The summed E-state index contributed by atoms with van der Waals surface area (Å²) < 4.78 is 0. The van der Waals surface area contributed by atoms with E-state index < -0.39 is 0 Å². The minimum atomic E-state index is 0.0210. The zero-order valence-electron chi connectivity index (χ0n) is 13.4. The van der Waals surface area contributed by atoms with Gasteiger partial charge in [0.25, 0.3) is 0 Å². The van der Waals surface area contributed by atoms with Crippen LogP contribution in [0.5, 0.6) is 0 Å². The van der Waals surface area contributed by atoms with E-state index >= 15 is 0 Å². The van der Waals surface area contributed by atoms with Crippen LogP contribution in [0.2, 0.25) is 0 Å². The highest BCUT2D eigenvalue weighted by Crippen LogP contribution is 2.28. The van der Waals surface area contributed by atoms with Crippen LogP contribution >= 0.6 is 0 Å². The van der Waals surface area contributed by atoms with E-state index in [1.807, 2.05) is 12.1 Å². The van der Waals surface area contributed by atoms with Crippen LogP contribution in [0.3, 0.4) is 0 Å². The Balaban J connectivity index is 2.49. The van der Waals surface area contributed by atoms with Crippen LogP contribution < -0.4 is 4.90 Å². The maximum Gasteiger partial charge on any atom is 0.136 e. The molecule has 4 heteroatoms. The molecule has 1 unspecified atom stereocenters. The van der Waals surface area contributed by atoms with Gasteiger partial charge in [-0.1, -0.05) is 24.3 Å². The van der Waals surface area contributed by atoms with Crippen molar-refractivity contribution in [3.8, 4) is 0 Å². The van der Waals surface area contributed by atoms with Gasteiger partial charge in [-0.25, -0.2) is 4.98 Å². The van der Waals surface area contributed by atoms with Gasteiger partial charge in [0.1, 0.15) is 5.82 Å². The molecule has 0 spiro atoms. The Morgan fingerprint density at radius 2 is 1.86 bits per heavy atom. The molecule has 0 aliphatic carbocycles. The van der Waals surface area contributed by atoms with Crippen LogP contribution in [0.15, 0.2) is 30.5 Å². The maximum atomic E-state index is 9.49. The van der Waals surface area contributed by atoms with Crippen LogP contribution in [0.25, 0.3) is 10.8 Å². The van der Waals surface area contributed by atoms with E-state index in [0.29, 0.717) is 6.04 Å². The summed E-state index contributed by atoms with van der Waals surface area (Å²) in [6.45, 7) is 6.28. The fourth-order valence-corrected chi connectivity index (χ4v) is 2.89. The minimum Gasteiger partial charge on any atom is -0.392 e. The van der Waals surface area contributed by atoms with Gasteiger partial charge in [0, 0.05) is 36.3 Å². The second-order valence-electron chi connectivity index (χ2n) is 5.71. The first-order valence-corrected chi connectivity index (χ1v) is 7.47. The highest BCUT2D eigenvalue weighted by molar-refractivity contribution is 5.94. The zero-order chi connectivity index (χ0) is 15.4. The average Bonchev–Trinajstić information content (AvgIpc) is 2.47. The predicted molar refractivity (Wildman–Crippen MR) is 88.7 cm³/mol. The molecule has 1 aromatic carbocycles. The summed E-state index contributed by atoms with van der Waals surface area (Å²) in [5, 5.41) is 11.7. The summed E-state index contributed by atoms with van der Waals surface area (Å²) in [6.07, 6.45) is 1.79. The Labute approximate surface area is 127 Å². The molecular weight excluding hydrogens is 262 g/mol. The fourth-order valence-electron chi connectivity index (χ4n) is 2.89. The van der Waals surface area contributed by atoms with Crippen LogP contribution in [-0.2, 0) is 6.61 Å². The third-order valence-corrected chi connectivity index (χ3v) is 3.80. The second-order valence-corrected chi connectivity index (χ2v) is 5.71. The van der Waals surface area contributed by atoms with E-state index in [-0.39, 0.29) is 6.61 Å². The molecule has 0 saturated heterocycles. The highest BCUT2D eigenvalue weighted by Gasteiger charge is 2.18. The number of pyridine rings is 1. The van der Waals surface area contributed by atoms with Gasteiger partial charge in [-0.2, -0.15) is 0 Å². The molecule has 0 bridgehead atoms. The van der Waals surface area contributed by atoms with Gasteiger partial charge in [0.15, 0.2) is 0 Å². The lowest BCUT2D eigenvalue weighted by atomic mass is 10.1. The number of hydrogen-bond donors (Lipinski definition) is 1. The first kappa shape index (κ1) is 15.7. The normalized spacial score (nSPS) is 12.9. The number of aliphatic hydroxyl groups is 1. The molecule has 1 heterocycles. The summed E-state index contributed by atoms with van der Waals surface area (Å²) in [5.41, 5.74) is 0.880. The smallest absolute Gasteiger partial charge is 0.136 e. The predicted octanol–water partition coefficient (Wildman–Crippen LogP) is 2.50. The molecule has 0 radical (unpaired) electrons. The van der Waals surface area contributed by atoms with E-state index in [1.165, 1.54) is 0 Å². The second kappa shape index (κ2) is 6.87. The van der Waals surface area contributed by atoms with Crippen molar-refractivity contribution in [2.24, 2.45) is 0 Å². The standard InChI is InChI=1S/C17H25N3O/c1-5-20(13(2)11-19(3)4)17-16-9-7-6-8-15(16)14(12-21)10-18-17/h6-10,13,21H,5,11-12H2,1-4H3. The van der Waals surface area contributed by atoms with Gasteiger partial charge in [-0.15, -0.1) is 0 Å². The van der Waals surface area contributed by atoms with Gasteiger partial charge in [0.05, 0.1) is 6.61 Å². The van der Waals surface area contributed by atoms with Crippen molar-refractivity contribution in [1.82, 2.24) is 9.88 Å². The first-order valence-electron chi connectivity index (χ1n) is 7.47. The number of likely N-dealkylation sites (N-methyl/N-ethyl adjacent to an activating group) is 2. The number of aliphatic hydroxyl groups excluding tert-OH is 1. The maximum absolute atomic E-state index is 9.49. The lowest BCUT2D eigenvalue weighted by Gasteiger charge is -2.32. The Morgan fingerprint density at radius 1 is 1.19 bits per heavy atom. The molecular formula is C17H25N3O. The number of fused-ring (bicyclic) bond motifs is 1. The van der Waals surface area contributed by atoms with Gasteiger partial charge >= 0.3 is 0 Å². The zero-order valence-corrected chi connectivity index (χ0v) is 13.4. The molecule has 1 aromatic heterocycles. The van der Waals surface area contributed by atoms with E-state index in [4.69, 9.17) is 0 Å². The van der Waals surface area contributed by atoms with Gasteiger partial charge in [-0.05, 0) is 33.3 Å². The van der Waals surface area contributed by atoms with Crippen LogP contribution in [0, 0.1) is 0 Å². The Morgan fingerprint density at radius 3 is 2.43 bits per heavy atom. The van der Waals surface area contributed by atoms with Crippen molar-refractivity contribution in [3.63, 3.8) is 0 Å². The van der Waals surface area contributed by atoms with Gasteiger partial charge in [-0.3, -0.25) is 0 Å². The van der Waals surface area contributed by atoms with Crippen molar-refractivity contribution < 1.29 is 5.11 Å². The summed E-state index contributed by atoms with van der Waals surface area (Å²) in [7, 11) is 4.18. The fraction of sp³-hybridized carbons (Fsp3) is 0.471. The molecule has 0 saturated carbocycles. The molecule has 114 valence electrons. The SMILES string of the molecule is CCN(c1ncc(CO)c2ccccc12)C(C)CN(C)C. The number of rotatable bonds is 6. The Hall–Kier alpha value is -1.65. The molecule has 1 atom stereocenters. The number of benzene rings is 1. The van der Waals surface area contributed by atoms with Crippen LogP contribution in [0.1, 0.15) is 19.4 Å². The van der Waals surface area contributed by atoms with Crippen molar-refractivity contribution in [3.05, 3.63) is 36.0 Å². The van der Waals surface area contributed by atoms with Crippen molar-refractivity contribution in [2.75, 3.05) is 32.1 Å². The molecule has 4 nitrogen and oxygen atoms in total. The molecule has 0 aliphatic heterocycles. The summed E-state index contributed by atoms with van der Waals surface area (Å²) in [6, 6.07) is 8.54. The number of nitrogens with zero attached hydrogens (tertiary/aromatic N) is 3. The van der Waals surface area contributed by atoms with Crippen molar-refractivity contribution in [1.29, 1.82) is 0 Å². The van der Waals surface area contributed by atoms with E-state index in [9.17, 15) is 5.11 Å². The van der Waals surface area contributed by atoms with Gasteiger partial charge < -0.3 is 14.9 Å². The summed E-state index contributed by atoms with van der Waals surface area (Å²) >= 11 is 0. The lowest BCUT2D eigenvalue weighted by molar-refractivity contribution is 0.283. The average molecular weight is 287 g/mol.